The summed E-state index contributed by atoms with van der Waals surface area (Å²) in [7, 11) is 2.70. The van der Waals surface area contributed by atoms with Crippen LogP contribution >= 0.6 is 9.24 Å². The molecule has 0 aliphatic carbocycles. The third-order valence-electron chi connectivity index (χ3n) is 2.21. The molecule has 0 saturated heterocycles. The molecule has 0 heterocycles. The molecule has 1 rings (SSSR count). The summed E-state index contributed by atoms with van der Waals surface area (Å²) in [6.45, 7) is 4.34. The van der Waals surface area contributed by atoms with Crippen molar-refractivity contribution in [3.05, 3.63) is 24.3 Å². The molecule has 0 fully saturated rings. The quantitative estimate of drug-likeness (QED) is 0.678. The van der Waals surface area contributed by atoms with Crippen molar-refractivity contribution in [1.29, 1.82) is 0 Å². The first-order valence-corrected chi connectivity index (χ1v) is 5.83. The zero-order chi connectivity index (χ0) is 10.4. The number of para-hydroxylation sites is 1. The summed E-state index contributed by atoms with van der Waals surface area (Å²) in [5.41, 5.74) is 0. The summed E-state index contributed by atoms with van der Waals surface area (Å²) in [6, 6.07) is 8.10. The third kappa shape index (κ3) is 3.67. The first-order valence-electron chi connectivity index (χ1n) is 5.25. The summed E-state index contributed by atoms with van der Waals surface area (Å²) >= 11 is 0. The van der Waals surface area contributed by atoms with Crippen LogP contribution in [0.3, 0.4) is 0 Å². The van der Waals surface area contributed by atoms with Crippen LogP contribution in [0.2, 0.25) is 0 Å². The largest absolute Gasteiger partial charge is 0.490 e. The minimum Gasteiger partial charge on any atom is -0.490 e. The van der Waals surface area contributed by atoms with Crippen LogP contribution in [0.4, 0.5) is 0 Å². The average molecular weight is 210 g/mol. The first-order chi connectivity index (χ1) is 6.74. The number of unbranched alkanes of at least 4 members (excludes halogenated alkanes) is 1. The van der Waals surface area contributed by atoms with E-state index >= 15 is 0 Å². The Labute approximate surface area is 89.1 Å². The SMILES string of the molecule is CCCCC(C)Oc1ccccc1P. The predicted molar refractivity (Wildman–Crippen MR) is 65.4 cm³/mol. The highest BCUT2D eigenvalue weighted by atomic mass is 31.0. The standard InChI is InChI=1S/C12H19OP/c1-3-4-7-10(2)13-11-8-5-6-9-12(11)14/h5-6,8-10H,3-4,7,14H2,1-2H3. The minimum atomic E-state index is 0.316. The monoisotopic (exact) mass is 210 g/mol. The van der Waals surface area contributed by atoms with Crippen LogP contribution in [0.25, 0.3) is 0 Å². The van der Waals surface area contributed by atoms with Crippen LogP contribution in [-0.2, 0) is 0 Å². The summed E-state index contributed by atoms with van der Waals surface area (Å²) in [6.07, 6.45) is 3.92. The van der Waals surface area contributed by atoms with Gasteiger partial charge in [0.05, 0.1) is 6.10 Å². The van der Waals surface area contributed by atoms with Gasteiger partial charge >= 0.3 is 0 Å². The molecule has 0 saturated carbocycles. The normalized spacial score (nSPS) is 12.5. The number of hydrogen-bond acceptors (Lipinski definition) is 1. The number of hydrogen-bond donors (Lipinski definition) is 0. The fourth-order valence-corrected chi connectivity index (χ4v) is 1.63. The van der Waals surface area contributed by atoms with E-state index in [0.717, 1.165) is 17.5 Å². The molecule has 78 valence electrons. The molecule has 1 aromatic carbocycles. The molecule has 2 heteroatoms. The molecule has 0 amide bonds. The first kappa shape index (κ1) is 11.5. The van der Waals surface area contributed by atoms with Gasteiger partial charge in [-0.1, -0.05) is 38.0 Å². The second-order valence-corrected chi connectivity index (χ2v) is 4.23. The van der Waals surface area contributed by atoms with Gasteiger partial charge in [-0.25, -0.2) is 0 Å². The van der Waals surface area contributed by atoms with Crippen molar-refractivity contribution in [1.82, 2.24) is 0 Å². The molecule has 0 aromatic heterocycles. The van der Waals surface area contributed by atoms with Gasteiger partial charge in [0.2, 0.25) is 0 Å². The van der Waals surface area contributed by atoms with Crippen molar-refractivity contribution in [2.45, 2.75) is 39.2 Å². The van der Waals surface area contributed by atoms with Crippen molar-refractivity contribution in [2.75, 3.05) is 0 Å². The van der Waals surface area contributed by atoms with Crippen molar-refractivity contribution in [2.24, 2.45) is 0 Å². The van der Waals surface area contributed by atoms with Crippen LogP contribution < -0.4 is 10.0 Å². The lowest BCUT2D eigenvalue weighted by Crippen LogP contribution is -2.14. The Kier molecular flexibility index (Phi) is 4.97. The Balaban J connectivity index is 2.47. The molecule has 0 bridgehead atoms. The van der Waals surface area contributed by atoms with Crippen molar-refractivity contribution >= 4 is 14.5 Å². The zero-order valence-corrected chi connectivity index (χ0v) is 10.1. The Bertz CT molecular complexity index is 273. The fraction of sp³-hybridized carbons (Fsp3) is 0.500. The van der Waals surface area contributed by atoms with E-state index in [1.165, 1.54) is 12.8 Å². The Morgan fingerprint density at radius 1 is 1.36 bits per heavy atom. The van der Waals surface area contributed by atoms with E-state index in [2.05, 4.69) is 23.1 Å². The van der Waals surface area contributed by atoms with Gasteiger partial charge in [-0.3, -0.25) is 0 Å². The minimum absolute atomic E-state index is 0.316. The lowest BCUT2D eigenvalue weighted by atomic mass is 10.2. The van der Waals surface area contributed by atoms with Crippen LogP contribution in [0.15, 0.2) is 24.3 Å². The van der Waals surface area contributed by atoms with E-state index < -0.39 is 0 Å². The average Bonchev–Trinajstić information content (AvgIpc) is 2.18. The van der Waals surface area contributed by atoms with Gasteiger partial charge in [0.15, 0.2) is 0 Å². The highest BCUT2D eigenvalue weighted by Crippen LogP contribution is 2.14. The lowest BCUT2D eigenvalue weighted by Gasteiger charge is -2.15. The highest BCUT2D eigenvalue weighted by molar-refractivity contribution is 7.27. The van der Waals surface area contributed by atoms with Crippen molar-refractivity contribution in [3.8, 4) is 5.75 Å². The van der Waals surface area contributed by atoms with E-state index in [0.29, 0.717) is 6.10 Å². The van der Waals surface area contributed by atoms with Gasteiger partial charge < -0.3 is 4.74 Å². The highest BCUT2D eigenvalue weighted by Gasteiger charge is 2.04. The van der Waals surface area contributed by atoms with Crippen LogP contribution in [0.5, 0.6) is 5.75 Å². The molecule has 0 aliphatic heterocycles. The third-order valence-corrected chi connectivity index (χ3v) is 2.69. The summed E-state index contributed by atoms with van der Waals surface area (Å²) in [5, 5.41) is 1.14. The Hall–Kier alpha value is -0.550. The molecule has 0 N–H and O–H groups in total. The molecule has 2 atom stereocenters. The number of benzene rings is 1. The second kappa shape index (κ2) is 6.03. The Morgan fingerprint density at radius 3 is 2.71 bits per heavy atom. The molecule has 0 spiro atoms. The molecule has 0 aliphatic rings. The summed E-state index contributed by atoms with van der Waals surface area (Å²) in [4.78, 5) is 0. The van der Waals surface area contributed by atoms with E-state index in [1.54, 1.807) is 0 Å². The van der Waals surface area contributed by atoms with Gasteiger partial charge in [-0.05, 0) is 19.4 Å². The van der Waals surface area contributed by atoms with Gasteiger partial charge in [0, 0.05) is 5.30 Å². The van der Waals surface area contributed by atoms with Crippen molar-refractivity contribution < 1.29 is 4.74 Å². The number of rotatable bonds is 5. The molecular weight excluding hydrogens is 191 g/mol. The maximum atomic E-state index is 5.83. The molecule has 0 radical (unpaired) electrons. The summed E-state index contributed by atoms with van der Waals surface area (Å²) in [5.74, 6) is 0.987. The predicted octanol–water partition coefficient (Wildman–Crippen LogP) is 3.14. The van der Waals surface area contributed by atoms with E-state index in [9.17, 15) is 0 Å². The molecule has 14 heavy (non-hydrogen) atoms. The van der Waals surface area contributed by atoms with E-state index in [4.69, 9.17) is 4.74 Å². The smallest absolute Gasteiger partial charge is 0.126 e. The maximum absolute atomic E-state index is 5.83. The van der Waals surface area contributed by atoms with E-state index in [-0.39, 0.29) is 0 Å². The molecule has 1 nitrogen and oxygen atoms in total. The maximum Gasteiger partial charge on any atom is 0.126 e. The van der Waals surface area contributed by atoms with Crippen LogP contribution in [0.1, 0.15) is 33.1 Å². The molecule has 1 aromatic rings. The van der Waals surface area contributed by atoms with E-state index in [1.807, 2.05) is 24.3 Å². The van der Waals surface area contributed by atoms with Crippen LogP contribution in [0, 0.1) is 0 Å². The molecule has 2 unspecified atom stereocenters. The van der Waals surface area contributed by atoms with Gasteiger partial charge in [0.1, 0.15) is 5.75 Å². The van der Waals surface area contributed by atoms with Gasteiger partial charge in [0.25, 0.3) is 0 Å². The zero-order valence-electron chi connectivity index (χ0n) is 8.99. The second-order valence-electron chi connectivity index (χ2n) is 3.61. The Morgan fingerprint density at radius 2 is 2.07 bits per heavy atom. The topological polar surface area (TPSA) is 9.23 Å². The number of ether oxygens (including phenoxy) is 1. The summed E-state index contributed by atoms with van der Waals surface area (Å²) < 4.78 is 5.83. The fourth-order valence-electron chi connectivity index (χ4n) is 1.36. The van der Waals surface area contributed by atoms with Crippen molar-refractivity contribution in [3.63, 3.8) is 0 Å². The lowest BCUT2D eigenvalue weighted by molar-refractivity contribution is 0.209. The van der Waals surface area contributed by atoms with Gasteiger partial charge in [-0.2, -0.15) is 0 Å². The molecular formula is C12H19OP. The van der Waals surface area contributed by atoms with Crippen LogP contribution in [-0.4, -0.2) is 6.10 Å². The van der Waals surface area contributed by atoms with Gasteiger partial charge in [-0.15, -0.1) is 9.24 Å².